The molecule has 13 heavy (non-hydrogen) atoms. The first-order chi connectivity index (χ1) is 6.09. The molecule has 0 heterocycles. The van der Waals surface area contributed by atoms with Crippen molar-refractivity contribution in [1.82, 2.24) is 0 Å². The van der Waals surface area contributed by atoms with Crippen LogP contribution >= 0.6 is 11.6 Å². The van der Waals surface area contributed by atoms with Gasteiger partial charge < -0.3 is 10.6 Å². The van der Waals surface area contributed by atoms with E-state index in [0.717, 1.165) is 17.3 Å². The standard InChI is InChI=1S/C10H15ClN2/c1-8(12)7-13(2)10-5-3-4-9(11)6-10/h3-6,8H,7,12H2,1-2H3. The van der Waals surface area contributed by atoms with Crippen LogP contribution in [0.5, 0.6) is 0 Å². The second-order valence-corrected chi connectivity index (χ2v) is 3.77. The molecule has 1 rings (SSSR count). The van der Waals surface area contributed by atoms with Gasteiger partial charge in [0.1, 0.15) is 0 Å². The van der Waals surface area contributed by atoms with E-state index in [1.54, 1.807) is 0 Å². The number of benzene rings is 1. The topological polar surface area (TPSA) is 29.3 Å². The third kappa shape index (κ3) is 3.25. The number of likely N-dealkylation sites (N-methyl/N-ethyl adjacent to an activating group) is 1. The largest absolute Gasteiger partial charge is 0.373 e. The van der Waals surface area contributed by atoms with Crippen molar-refractivity contribution in [2.24, 2.45) is 5.73 Å². The predicted molar refractivity (Wildman–Crippen MR) is 58.4 cm³/mol. The van der Waals surface area contributed by atoms with Gasteiger partial charge in [0, 0.05) is 30.3 Å². The highest BCUT2D eigenvalue weighted by Crippen LogP contribution is 2.17. The first kappa shape index (κ1) is 10.4. The summed E-state index contributed by atoms with van der Waals surface area (Å²) in [4.78, 5) is 2.09. The Morgan fingerprint density at radius 3 is 2.77 bits per heavy atom. The van der Waals surface area contributed by atoms with E-state index in [0.29, 0.717) is 0 Å². The molecule has 0 bridgehead atoms. The van der Waals surface area contributed by atoms with E-state index in [-0.39, 0.29) is 6.04 Å². The van der Waals surface area contributed by atoms with Crippen molar-refractivity contribution in [1.29, 1.82) is 0 Å². The van der Waals surface area contributed by atoms with Crippen LogP contribution in [0.25, 0.3) is 0 Å². The highest BCUT2D eigenvalue weighted by Gasteiger charge is 2.03. The number of nitrogens with two attached hydrogens (primary N) is 1. The van der Waals surface area contributed by atoms with Crippen LogP contribution in [0.15, 0.2) is 24.3 Å². The van der Waals surface area contributed by atoms with Gasteiger partial charge >= 0.3 is 0 Å². The van der Waals surface area contributed by atoms with Gasteiger partial charge in [-0.2, -0.15) is 0 Å². The molecule has 0 radical (unpaired) electrons. The van der Waals surface area contributed by atoms with Crippen LogP contribution in [0.1, 0.15) is 6.92 Å². The summed E-state index contributed by atoms with van der Waals surface area (Å²) >= 11 is 5.87. The molecule has 0 aromatic heterocycles. The molecule has 0 aliphatic heterocycles. The average molecular weight is 199 g/mol. The van der Waals surface area contributed by atoms with E-state index < -0.39 is 0 Å². The Morgan fingerprint density at radius 1 is 1.54 bits per heavy atom. The van der Waals surface area contributed by atoms with Crippen LogP contribution in [0.4, 0.5) is 5.69 Å². The maximum absolute atomic E-state index is 5.87. The van der Waals surface area contributed by atoms with E-state index in [4.69, 9.17) is 17.3 Å². The van der Waals surface area contributed by atoms with Gasteiger partial charge in [-0.1, -0.05) is 17.7 Å². The van der Waals surface area contributed by atoms with Gasteiger partial charge in [0.25, 0.3) is 0 Å². The quantitative estimate of drug-likeness (QED) is 0.807. The molecule has 2 nitrogen and oxygen atoms in total. The average Bonchev–Trinajstić information content (AvgIpc) is 2.03. The van der Waals surface area contributed by atoms with Crippen LogP contribution in [0, 0.1) is 0 Å². The van der Waals surface area contributed by atoms with Crippen molar-refractivity contribution in [2.45, 2.75) is 13.0 Å². The molecular formula is C10H15ClN2. The molecule has 1 aromatic rings. The highest BCUT2D eigenvalue weighted by molar-refractivity contribution is 6.30. The molecule has 1 aromatic carbocycles. The third-order valence-corrected chi connectivity index (χ3v) is 2.05. The van der Waals surface area contributed by atoms with E-state index in [1.807, 2.05) is 38.2 Å². The number of anilines is 1. The molecule has 0 aliphatic rings. The summed E-state index contributed by atoms with van der Waals surface area (Å²) in [5, 5.41) is 0.758. The second-order valence-electron chi connectivity index (χ2n) is 3.34. The fraction of sp³-hybridized carbons (Fsp3) is 0.400. The minimum Gasteiger partial charge on any atom is -0.373 e. The molecule has 0 spiro atoms. The van der Waals surface area contributed by atoms with Crippen LogP contribution in [-0.4, -0.2) is 19.6 Å². The van der Waals surface area contributed by atoms with E-state index in [9.17, 15) is 0 Å². The Labute approximate surface area is 84.3 Å². The molecule has 0 saturated heterocycles. The summed E-state index contributed by atoms with van der Waals surface area (Å²) < 4.78 is 0. The highest BCUT2D eigenvalue weighted by atomic mass is 35.5. The summed E-state index contributed by atoms with van der Waals surface area (Å²) in [5.41, 5.74) is 6.80. The van der Waals surface area contributed by atoms with Gasteiger partial charge in [-0.05, 0) is 25.1 Å². The Hall–Kier alpha value is -0.730. The lowest BCUT2D eigenvalue weighted by molar-refractivity contribution is 0.718. The summed E-state index contributed by atoms with van der Waals surface area (Å²) in [6, 6.07) is 7.93. The van der Waals surface area contributed by atoms with Gasteiger partial charge in [0.05, 0.1) is 0 Å². The lowest BCUT2D eigenvalue weighted by Crippen LogP contribution is -2.32. The Balaban J connectivity index is 2.71. The zero-order valence-electron chi connectivity index (χ0n) is 8.00. The van der Waals surface area contributed by atoms with Crippen molar-refractivity contribution in [2.75, 3.05) is 18.5 Å². The Bertz CT molecular complexity index is 273. The van der Waals surface area contributed by atoms with E-state index >= 15 is 0 Å². The zero-order valence-corrected chi connectivity index (χ0v) is 8.75. The first-order valence-corrected chi connectivity index (χ1v) is 4.69. The predicted octanol–water partition coefficient (Wildman–Crippen LogP) is 2.12. The second kappa shape index (κ2) is 4.49. The normalized spacial score (nSPS) is 12.6. The fourth-order valence-corrected chi connectivity index (χ4v) is 1.44. The molecular weight excluding hydrogens is 184 g/mol. The molecule has 0 aliphatic carbocycles. The van der Waals surface area contributed by atoms with Gasteiger partial charge in [0.2, 0.25) is 0 Å². The number of halogens is 1. The minimum absolute atomic E-state index is 0.170. The lowest BCUT2D eigenvalue weighted by atomic mass is 10.2. The number of hydrogen-bond donors (Lipinski definition) is 1. The van der Waals surface area contributed by atoms with Crippen molar-refractivity contribution in [3.8, 4) is 0 Å². The molecule has 1 unspecified atom stereocenters. The molecule has 1 atom stereocenters. The van der Waals surface area contributed by atoms with E-state index in [2.05, 4.69) is 4.90 Å². The number of nitrogens with zero attached hydrogens (tertiary/aromatic N) is 1. The SMILES string of the molecule is CC(N)CN(C)c1cccc(Cl)c1. The van der Waals surface area contributed by atoms with Crippen LogP contribution in [0.3, 0.4) is 0 Å². The molecule has 2 N–H and O–H groups in total. The zero-order chi connectivity index (χ0) is 9.84. The summed E-state index contributed by atoms with van der Waals surface area (Å²) in [7, 11) is 2.01. The molecule has 0 amide bonds. The summed E-state index contributed by atoms with van der Waals surface area (Å²) in [6.45, 7) is 2.82. The molecule has 0 saturated carbocycles. The van der Waals surface area contributed by atoms with Crippen LogP contribution in [0.2, 0.25) is 5.02 Å². The summed E-state index contributed by atoms with van der Waals surface area (Å²) in [6.07, 6.45) is 0. The third-order valence-electron chi connectivity index (χ3n) is 1.81. The van der Waals surface area contributed by atoms with Crippen molar-refractivity contribution in [3.63, 3.8) is 0 Å². The van der Waals surface area contributed by atoms with Gasteiger partial charge in [-0.3, -0.25) is 0 Å². The monoisotopic (exact) mass is 198 g/mol. The Kier molecular flexibility index (Phi) is 3.58. The van der Waals surface area contributed by atoms with Gasteiger partial charge in [-0.15, -0.1) is 0 Å². The van der Waals surface area contributed by atoms with Gasteiger partial charge in [0.15, 0.2) is 0 Å². The molecule has 72 valence electrons. The Morgan fingerprint density at radius 2 is 2.23 bits per heavy atom. The van der Waals surface area contributed by atoms with Crippen LogP contribution in [-0.2, 0) is 0 Å². The molecule has 3 heteroatoms. The fourth-order valence-electron chi connectivity index (χ4n) is 1.25. The smallest absolute Gasteiger partial charge is 0.0426 e. The van der Waals surface area contributed by atoms with Gasteiger partial charge in [-0.25, -0.2) is 0 Å². The maximum atomic E-state index is 5.87. The van der Waals surface area contributed by atoms with E-state index in [1.165, 1.54) is 0 Å². The van der Waals surface area contributed by atoms with Crippen molar-refractivity contribution < 1.29 is 0 Å². The minimum atomic E-state index is 0.170. The lowest BCUT2D eigenvalue weighted by Gasteiger charge is -2.21. The van der Waals surface area contributed by atoms with Crippen LogP contribution < -0.4 is 10.6 Å². The number of hydrogen-bond acceptors (Lipinski definition) is 2. The first-order valence-electron chi connectivity index (χ1n) is 4.32. The maximum Gasteiger partial charge on any atom is 0.0426 e. The summed E-state index contributed by atoms with van der Waals surface area (Å²) in [5.74, 6) is 0. The molecule has 0 fully saturated rings. The number of rotatable bonds is 3. The van der Waals surface area contributed by atoms with Crippen molar-refractivity contribution in [3.05, 3.63) is 29.3 Å². The van der Waals surface area contributed by atoms with Crippen molar-refractivity contribution >= 4 is 17.3 Å².